The van der Waals surface area contributed by atoms with E-state index in [2.05, 4.69) is 12.2 Å². The van der Waals surface area contributed by atoms with Crippen LogP contribution in [-0.4, -0.2) is 22.6 Å². The second-order valence-electron chi connectivity index (χ2n) is 5.73. The molecule has 0 bridgehead atoms. The van der Waals surface area contributed by atoms with Crippen molar-refractivity contribution in [2.45, 2.75) is 44.8 Å². The number of aliphatic hydroxyl groups excluding tert-OH is 1. The van der Waals surface area contributed by atoms with Gasteiger partial charge in [0.1, 0.15) is 0 Å². The smallest absolute Gasteiger partial charge is 0.269 e. The predicted molar refractivity (Wildman–Crippen MR) is 77.5 cm³/mol. The summed E-state index contributed by atoms with van der Waals surface area (Å²) in [6, 6.07) is 6.58. The number of nitrogens with zero attached hydrogens (tertiary/aromatic N) is 1. The maximum Gasteiger partial charge on any atom is 0.269 e. The maximum atomic E-state index is 10.6. The van der Waals surface area contributed by atoms with Gasteiger partial charge in [-0.05, 0) is 49.3 Å². The van der Waals surface area contributed by atoms with Crippen LogP contribution in [0.2, 0.25) is 0 Å². The fourth-order valence-corrected chi connectivity index (χ4v) is 2.68. The number of benzene rings is 1. The average Bonchev–Trinajstić information content (AvgIpc) is 2.46. The van der Waals surface area contributed by atoms with Gasteiger partial charge in [-0.2, -0.15) is 0 Å². The summed E-state index contributed by atoms with van der Waals surface area (Å²) in [4.78, 5) is 10.1. The lowest BCUT2D eigenvalue weighted by atomic mass is 9.87. The highest BCUT2D eigenvalue weighted by Crippen LogP contribution is 2.24. The molecule has 0 saturated heterocycles. The minimum atomic E-state index is -0.616. The van der Waals surface area contributed by atoms with Gasteiger partial charge in [-0.15, -0.1) is 0 Å². The molecule has 1 aliphatic carbocycles. The number of nitro groups is 1. The van der Waals surface area contributed by atoms with Crippen molar-refractivity contribution in [2.24, 2.45) is 5.92 Å². The van der Waals surface area contributed by atoms with Crippen LogP contribution < -0.4 is 5.32 Å². The third-order valence-corrected chi connectivity index (χ3v) is 4.10. The lowest BCUT2D eigenvalue weighted by Gasteiger charge is -2.28. The van der Waals surface area contributed by atoms with Crippen molar-refractivity contribution in [3.05, 3.63) is 39.9 Å². The molecule has 20 heavy (non-hydrogen) atoms. The normalized spacial score (nSPS) is 24.3. The second kappa shape index (κ2) is 6.81. The lowest BCUT2D eigenvalue weighted by molar-refractivity contribution is -0.384. The van der Waals surface area contributed by atoms with Crippen LogP contribution >= 0.6 is 0 Å². The van der Waals surface area contributed by atoms with E-state index < -0.39 is 11.0 Å². The summed E-state index contributed by atoms with van der Waals surface area (Å²) >= 11 is 0. The van der Waals surface area contributed by atoms with Gasteiger partial charge in [-0.3, -0.25) is 10.1 Å². The molecule has 0 aliphatic heterocycles. The molecule has 1 atom stereocenters. The molecule has 0 heterocycles. The van der Waals surface area contributed by atoms with Crippen LogP contribution in [0, 0.1) is 16.0 Å². The van der Waals surface area contributed by atoms with Crippen molar-refractivity contribution >= 4 is 5.69 Å². The molecule has 110 valence electrons. The molecule has 5 heteroatoms. The van der Waals surface area contributed by atoms with Crippen LogP contribution in [0.3, 0.4) is 0 Å². The van der Waals surface area contributed by atoms with E-state index in [-0.39, 0.29) is 5.69 Å². The Morgan fingerprint density at radius 1 is 1.30 bits per heavy atom. The lowest BCUT2D eigenvalue weighted by Crippen LogP contribution is -2.35. The van der Waals surface area contributed by atoms with Gasteiger partial charge in [0.15, 0.2) is 0 Å². The summed E-state index contributed by atoms with van der Waals surface area (Å²) in [6.07, 6.45) is 4.19. The Morgan fingerprint density at radius 3 is 2.45 bits per heavy atom. The van der Waals surface area contributed by atoms with Crippen LogP contribution in [0.5, 0.6) is 0 Å². The first-order chi connectivity index (χ1) is 9.56. The fraction of sp³-hybridized carbons (Fsp3) is 0.600. The average molecular weight is 278 g/mol. The van der Waals surface area contributed by atoms with E-state index in [0.29, 0.717) is 18.2 Å². The SMILES string of the molecule is CC1CCC(NCC(O)c2ccc([N+](=O)[O-])cc2)CC1. The molecule has 0 amide bonds. The number of aliphatic hydroxyl groups is 1. The number of nitro benzene ring substituents is 1. The predicted octanol–water partition coefficient (Wildman–Crippen LogP) is 2.80. The van der Waals surface area contributed by atoms with E-state index in [1.807, 2.05) is 0 Å². The summed E-state index contributed by atoms with van der Waals surface area (Å²) in [5, 5.41) is 24.1. The minimum Gasteiger partial charge on any atom is -0.387 e. The van der Waals surface area contributed by atoms with Crippen LogP contribution in [0.15, 0.2) is 24.3 Å². The number of nitrogens with one attached hydrogen (secondary N) is 1. The van der Waals surface area contributed by atoms with Crippen molar-refractivity contribution in [3.8, 4) is 0 Å². The highest BCUT2D eigenvalue weighted by molar-refractivity contribution is 5.33. The minimum absolute atomic E-state index is 0.0511. The van der Waals surface area contributed by atoms with E-state index >= 15 is 0 Å². The maximum absolute atomic E-state index is 10.6. The third-order valence-electron chi connectivity index (χ3n) is 4.10. The zero-order valence-electron chi connectivity index (χ0n) is 11.8. The van der Waals surface area contributed by atoms with Crippen molar-refractivity contribution in [1.82, 2.24) is 5.32 Å². The van der Waals surface area contributed by atoms with Gasteiger partial charge in [-0.25, -0.2) is 0 Å². The Bertz CT molecular complexity index is 439. The van der Waals surface area contributed by atoms with Gasteiger partial charge in [0.05, 0.1) is 11.0 Å². The van der Waals surface area contributed by atoms with E-state index in [4.69, 9.17) is 0 Å². The molecule has 2 rings (SSSR count). The number of non-ortho nitro benzene ring substituents is 1. The van der Waals surface area contributed by atoms with Gasteiger partial charge < -0.3 is 10.4 Å². The number of hydrogen-bond acceptors (Lipinski definition) is 4. The van der Waals surface area contributed by atoms with E-state index in [1.54, 1.807) is 12.1 Å². The Labute approximate surface area is 119 Å². The van der Waals surface area contributed by atoms with Gasteiger partial charge in [-0.1, -0.05) is 6.92 Å². The molecule has 1 aromatic rings. The van der Waals surface area contributed by atoms with Crippen LogP contribution in [0.1, 0.15) is 44.3 Å². The zero-order valence-corrected chi connectivity index (χ0v) is 11.8. The first kappa shape index (κ1) is 14.9. The Kier molecular flexibility index (Phi) is 5.09. The highest BCUT2D eigenvalue weighted by Gasteiger charge is 2.19. The van der Waals surface area contributed by atoms with E-state index in [9.17, 15) is 15.2 Å². The first-order valence-corrected chi connectivity index (χ1v) is 7.22. The molecule has 1 fully saturated rings. The summed E-state index contributed by atoms with van der Waals surface area (Å²) in [7, 11) is 0. The largest absolute Gasteiger partial charge is 0.387 e. The van der Waals surface area contributed by atoms with Crippen LogP contribution in [0.4, 0.5) is 5.69 Å². The van der Waals surface area contributed by atoms with E-state index in [1.165, 1.54) is 25.0 Å². The second-order valence-corrected chi connectivity index (χ2v) is 5.73. The zero-order chi connectivity index (χ0) is 14.5. The van der Waals surface area contributed by atoms with Crippen LogP contribution in [0.25, 0.3) is 0 Å². The quantitative estimate of drug-likeness (QED) is 0.641. The van der Waals surface area contributed by atoms with Gasteiger partial charge in [0.25, 0.3) is 5.69 Å². The summed E-state index contributed by atoms with van der Waals surface area (Å²) in [5.41, 5.74) is 0.766. The summed E-state index contributed by atoms with van der Waals surface area (Å²) in [6.45, 7) is 2.78. The first-order valence-electron chi connectivity index (χ1n) is 7.22. The van der Waals surface area contributed by atoms with Gasteiger partial charge in [0.2, 0.25) is 0 Å². The molecule has 0 radical (unpaired) electrons. The fourth-order valence-electron chi connectivity index (χ4n) is 2.68. The van der Waals surface area contributed by atoms with Gasteiger partial charge in [0, 0.05) is 24.7 Å². The summed E-state index contributed by atoms with van der Waals surface area (Å²) in [5.74, 6) is 0.813. The standard InChI is InChI=1S/C15H22N2O3/c1-11-2-6-13(7-3-11)16-10-15(18)12-4-8-14(9-5-12)17(19)20/h4-5,8-9,11,13,15-16,18H,2-3,6-7,10H2,1H3. The molecule has 0 spiro atoms. The number of rotatable bonds is 5. The van der Waals surface area contributed by atoms with Crippen molar-refractivity contribution in [3.63, 3.8) is 0 Å². The molecular weight excluding hydrogens is 256 g/mol. The molecule has 5 nitrogen and oxygen atoms in total. The molecule has 1 unspecified atom stereocenters. The Balaban J connectivity index is 1.82. The Morgan fingerprint density at radius 2 is 1.90 bits per heavy atom. The van der Waals surface area contributed by atoms with Crippen molar-refractivity contribution in [1.29, 1.82) is 0 Å². The Hall–Kier alpha value is -1.46. The molecule has 1 saturated carbocycles. The highest BCUT2D eigenvalue weighted by atomic mass is 16.6. The van der Waals surface area contributed by atoms with Crippen molar-refractivity contribution < 1.29 is 10.0 Å². The molecule has 2 N–H and O–H groups in total. The topological polar surface area (TPSA) is 75.4 Å². The molecule has 0 aromatic heterocycles. The number of hydrogen-bond donors (Lipinski definition) is 2. The third kappa shape index (κ3) is 4.02. The monoisotopic (exact) mass is 278 g/mol. The summed E-state index contributed by atoms with van der Waals surface area (Å²) < 4.78 is 0. The van der Waals surface area contributed by atoms with Gasteiger partial charge >= 0.3 is 0 Å². The van der Waals surface area contributed by atoms with Crippen molar-refractivity contribution in [2.75, 3.05) is 6.54 Å². The van der Waals surface area contributed by atoms with E-state index in [0.717, 1.165) is 18.8 Å². The van der Waals surface area contributed by atoms with Crippen LogP contribution in [-0.2, 0) is 0 Å². The molecule has 1 aromatic carbocycles. The molecular formula is C15H22N2O3. The molecule has 1 aliphatic rings.